The summed E-state index contributed by atoms with van der Waals surface area (Å²) in [6.07, 6.45) is -0.563. The SMILES string of the molecule is O=C1CCC(N2C(=O)c3cccc(NC(=O)Cn4cc(CN(C(=O)O)c5cccc6c5C(=O)N(C5CCC(=O)NC5=O)C6=O)nn4)c3C2=O)C(=O)N1. The van der Waals surface area contributed by atoms with E-state index < -0.39 is 84.4 Å². The van der Waals surface area contributed by atoms with E-state index in [-0.39, 0.29) is 65.0 Å². The Morgan fingerprint density at radius 1 is 0.788 bits per heavy atom. The number of hydrogen-bond acceptors (Lipinski definition) is 12. The molecule has 0 spiro atoms. The number of anilines is 2. The van der Waals surface area contributed by atoms with Crippen LogP contribution in [0, 0.1) is 0 Å². The summed E-state index contributed by atoms with van der Waals surface area (Å²) >= 11 is 0. The van der Waals surface area contributed by atoms with E-state index >= 15 is 0 Å². The lowest BCUT2D eigenvalue weighted by atomic mass is 10.0. The van der Waals surface area contributed by atoms with Gasteiger partial charge in [0.25, 0.3) is 23.6 Å². The summed E-state index contributed by atoms with van der Waals surface area (Å²) < 4.78 is 1.07. The van der Waals surface area contributed by atoms with E-state index in [0.717, 1.165) is 14.5 Å². The summed E-state index contributed by atoms with van der Waals surface area (Å²) in [7, 11) is 0. The van der Waals surface area contributed by atoms with Gasteiger partial charge in [-0.05, 0) is 37.1 Å². The second-order valence-corrected chi connectivity index (χ2v) is 12.1. The lowest BCUT2D eigenvalue weighted by Gasteiger charge is -2.28. The Bertz CT molecular complexity index is 2190. The molecule has 2 fully saturated rings. The van der Waals surface area contributed by atoms with Gasteiger partial charge < -0.3 is 10.4 Å². The minimum atomic E-state index is -1.52. The topological polar surface area (TPSA) is 267 Å². The monoisotopic (exact) mass is 711 g/mol. The predicted molar refractivity (Wildman–Crippen MR) is 169 cm³/mol. The number of aromatic nitrogens is 3. The maximum Gasteiger partial charge on any atom is 0.412 e. The fraction of sp³-hybridized carbons (Fsp3) is 0.250. The van der Waals surface area contributed by atoms with E-state index in [4.69, 9.17) is 0 Å². The van der Waals surface area contributed by atoms with E-state index in [1.807, 2.05) is 0 Å². The maximum atomic E-state index is 13.5. The molecule has 4 N–H and O–H groups in total. The van der Waals surface area contributed by atoms with E-state index in [0.29, 0.717) is 4.90 Å². The molecule has 2 atom stereocenters. The van der Waals surface area contributed by atoms with Crippen LogP contribution in [0.3, 0.4) is 0 Å². The van der Waals surface area contributed by atoms with Gasteiger partial charge in [0.2, 0.25) is 29.5 Å². The second-order valence-electron chi connectivity index (χ2n) is 12.1. The summed E-state index contributed by atoms with van der Waals surface area (Å²) in [5, 5.41) is 24.7. The Morgan fingerprint density at radius 3 is 1.92 bits per heavy atom. The van der Waals surface area contributed by atoms with Crippen molar-refractivity contribution in [2.75, 3.05) is 10.2 Å². The van der Waals surface area contributed by atoms with Crippen LogP contribution in [0.15, 0.2) is 42.6 Å². The van der Waals surface area contributed by atoms with Gasteiger partial charge >= 0.3 is 6.09 Å². The highest BCUT2D eigenvalue weighted by atomic mass is 16.4. The average molecular weight is 712 g/mol. The minimum absolute atomic E-state index is 0.0171. The quantitative estimate of drug-likeness (QED) is 0.213. The number of amides is 10. The molecule has 4 aliphatic rings. The van der Waals surface area contributed by atoms with Crippen LogP contribution in [-0.4, -0.2) is 101 Å². The lowest BCUT2D eigenvalue weighted by Crippen LogP contribution is -2.54. The molecule has 5 heterocycles. The number of carbonyl (C=O) groups is 10. The molecule has 20 nitrogen and oxygen atoms in total. The van der Waals surface area contributed by atoms with Gasteiger partial charge in [-0.15, -0.1) is 5.10 Å². The minimum Gasteiger partial charge on any atom is -0.465 e. The van der Waals surface area contributed by atoms with Crippen molar-refractivity contribution in [3.05, 3.63) is 70.5 Å². The number of piperidine rings is 2. The number of rotatable bonds is 8. The molecule has 10 amide bonds. The molecule has 0 bridgehead atoms. The van der Waals surface area contributed by atoms with Crippen molar-refractivity contribution in [2.24, 2.45) is 0 Å². The molecular formula is C32H25N9O11. The van der Waals surface area contributed by atoms with Gasteiger partial charge in [-0.1, -0.05) is 17.3 Å². The van der Waals surface area contributed by atoms with Crippen molar-refractivity contribution in [3.63, 3.8) is 0 Å². The highest BCUT2D eigenvalue weighted by molar-refractivity contribution is 6.27. The van der Waals surface area contributed by atoms with Crippen molar-refractivity contribution >= 4 is 70.6 Å². The van der Waals surface area contributed by atoms with Crippen LogP contribution in [0.5, 0.6) is 0 Å². The average Bonchev–Trinajstić information content (AvgIpc) is 3.72. The Hall–Kier alpha value is -7.12. The van der Waals surface area contributed by atoms with Crippen molar-refractivity contribution in [3.8, 4) is 0 Å². The van der Waals surface area contributed by atoms with Crippen molar-refractivity contribution in [1.29, 1.82) is 0 Å². The Kier molecular flexibility index (Phi) is 8.12. The van der Waals surface area contributed by atoms with Crippen LogP contribution < -0.4 is 20.9 Å². The van der Waals surface area contributed by atoms with Crippen LogP contribution >= 0.6 is 0 Å². The first-order valence-electron chi connectivity index (χ1n) is 15.7. The van der Waals surface area contributed by atoms with Crippen LogP contribution in [0.25, 0.3) is 0 Å². The van der Waals surface area contributed by atoms with Gasteiger partial charge in [0.05, 0.1) is 46.4 Å². The van der Waals surface area contributed by atoms with Crippen LogP contribution in [0.1, 0.15) is 72.8 Å². The largest absolute Gasteiger partial charge is 0.465 e. The van der Waals surface area contributed by atoms with Gasteiger partial charge in [-0.3, -0.25) is 68.5 Å². The molecule has 20 heteroatoms. The molecule has 0 radical (unpaired) electrons. The highest BCUT2D eigenvalue weighted by Crippen LogP contribution is 2.35. The molecule has 2 aromatic carbocycles. The molecule has 4 aliphatic heterocycles. The number of imide groups is 4. The molecule has 2 unspecified atom stereocenters. The molecule has 2 saturated heterocycles. The fourth-order valence-corrected chi connectivity index (χ4v) is 6.58. The summed E-state index contributed by atoms with van der Waals surface area (Å²) in [6.45, 7) is -0.955. The van der Waals surface area contributed by atoms with Gasteiger partial charge in [-0.25, -0.2) is 9.48 Å². The van der Waals surface area contributed by atoms with Crippen LogP contribution in [0.4, 0.5) is 16.2 Å². The maximum absolute atomic E-state index is 13.5. The fourth-order valence-electron chi connectivity index (χ4n) is 6.58. The summed E-state index contributed by atoms with van der Waals surface area (Å²) in [6, 6.07) is 5.71. The molecule has 0 aliphatic carbocycles. The number of nitrogens with one attached hydrogen (secondary N) is 3. The summed E-state index contributed by atoms with van der Waals surface area (Å²) in [4.78, 5) is 129. The third-order valence-corrected chi connectivity index (χ3v) is 8.92. The first-order valence-corrected chi connectivity index (χ1v) is 15.7. The predicted octanol–water partition coefficient (Wildman–Crippen LogP) is -0.596. The van der Waals surface area contributed by atoms with Crippen LogP contribution in [0.2, 0.25) is 0 Å². The van der Waals surface area contributed by atoms with Gasteiger partial charge in [0.1, 0.15) is 24.3 Å². The Labute approximate surface area is 290 Å². The summed E-state index contributed by atoms with van der Waals surface area (Å²) in [5.74, 6) is -6.70. The Balaban J connectivity index is 1.06. The van der Waals surface area contributed by atoms with Gasteiger partial charge in [0, 0.05) is 12.8 Å². The molecule has 264 valence electrons. The summed E-state index contributed by atoms with van der Waals surface area (Å²) in [5.41, 5.74) is -0.727. The molecule has 3 aromatic rings. The normalized spacial score (nSPS) is 19.8. The van der Waals surface area contributed by atoms with E-state index in [9.17, 15) is 53.1 Å². The zero-order valence-corrected chi connectivity index (χ0v) is 26.7. The van der Waals surface area contributed by atoms with Gasteiger partial charge in [-0.2, -0.15) is 0 Å². The number of hydrogen-bond donors (Lipinski definition) is 4. The third-order valence-electron chi connectivity index (χ3n) is 8.92. The van der Waals surface area contributed by atoms with Crippen molar-refractivity contribution in [1.82, 2.24) is 35.4 Å². The first-order chi connectivity index (χ1) is 24.8. The highest BCUT2D eigenvalue weighted by Gasteiger charge is 2.47. The van der Waals surface area contributed by atoms with E-state index in [1.54, 1.807) is 0 Å². The van der Waals surface area contributed by atoms with E-state index in [1.165, 1.54) is 42.6 Å². The number of benzene rings is 2. The number of nitrogens with zero attached hydrogens (tertiary/aromatic N) is 6. The lowest BCUT2D eigenvalue weighted by molar-refractivity contribution is -0.137. The zero-order valence-electron chi connectivity index (χ0n) is 26.7. The molecule has 0 saturated carbocycles. The van der Waals surface area contributed by atoms with Gasteiger partial charge in [0.15, 0.2) is 0 Å². The number of carbonyl (C=O) groups excluding carboxylic acids is 9. The molecular weight excluding hydrogens is 686 g/mol. The molecule has 7 rings (SSSR count). The Morgan fingerprint density at radius 2 is 1.35 bits per heavy atom. The number of carboxylic acid groups (broad SMARTS) is 1. The number of fused-ring (bicyclic) bond motifs is 2. The van der Waals surface area contributed by atoms with Crippen LogP contribution in [-0.2, 0) is 37.1 Å². The van der Waals surface area contributed by atoms with Crippen molar-refractivity contribution < 1.29 is 53.1 Å². The second kappa shape index (κ2) is 12.6. The molecule has 1 aromatic heterocycles. The smallest absolute Gasteiger partial charge is 0.412 e. The zero-order chi connectivity index (χ0) is 37.0. The third kappa shape index (κ3) is 5.60. The van der Waals surface area contributed by atoms with Crippen molar-refractivity contribution in [2.45, 2.75) is 50.9 Å². The standard InChI is InChI=1S/C32H25N9O11/c42-21-9-7-19(26(45)34-21)40-28(47)15-3-1-5-17(24(15)30(40)49)33-23(44)13-38-11-14(36-37-38)12-39(32(51)52)18-6-2-4-16-25(18)31(50)41(29(16)48)20-8-10-22(43)35-27(20)46/h1-6,11,19-20H,7-10,12-13H2,(H,33,44)(H,51,52)(H,34,42,45)(H,35,43,46). The molecule has 52 heavy (non-hydrogen) atoms. The first kappa shape index (κ1) is 33.4. The van der Waals surface area contributed by atoms with E-state index in [2.05, 4.69) is 26.3 Å².